The zero-order valence-corrected chi connectivity index (χ0v) is 18.5. The number of aromatic hydroxyl groups is 1. The molecule has 0 spiro atoms. The summed E-state index contributed by atoms with van der Waals surface area (Å²) in [7, 11) is 1.29. The minimum absolute atomic E-state index is 0.0716. The van der Waals surface area contributed by atoms with Crippen molar-refractivity contribution in [3.63, 3.8) is 0 Å². The largest absolute Gasteiger partial charge is 0.506 e. The minimum atomic E-state index is -0.889. The Balaban J connectivity index is 1.83. The second kappa shape index (κ2) is 8.83. The Morgan fingerprint density at radius 3 is 2.65 bits per heavy atom. The summed E-state index contributed by atoms with van der Waals surface area (Å²) in [5, 5.41) is 9.95. The van der Waals surface area contributed by atoms with Gasteiger partial charge in [0.25, 0.3) is 0 Å². The van der Waals surface area contributed by atoms with Crippen LogP contribution in [0.2, 0.25) is 0 Å². The van der Waals surface area contributed by atoms with Gasteiger partial charge in [-0.15, -0.1) is 0 Å². The highest BCUT2D eigenvalue weighted by Gasteiger charge is 2.39. The molecule has 31 heavy (non-hydrogen) atoms. The molecule has 2 heterocycles. The molecule has 1 amide bonds. The van der Waals surface area contributed by atoms with E-state index in [-0.39, 0.29) is 12.4 Å². The van der Waals surface area contributed by atoms with Crippen molar-refractivity contribution in [1.82, 2.24) is 9.88 Å². The lowest BCUT2D eigenvalue weighted by Gasteiger charge is -2.36. The molecule has 1 aromatic heterocycles. The molecule has 8 nitrogen and oxygen atoms in total. The molecule has 0 fully saturated rings. The number of esters is 1. The Bertz CT molecular complexity index is 983. The minimum Gasteiger partial charge on any atom is -0.506 e. The van der Waals surface area contributed by atoms with Gasteiger partial charge in [-0.2, -0.15) is 0 Å². The van der Waals surface area contributed by atoms with Gasteiger partial charge in [0, 0.05) is 12.2 Å². The van der Waals surface area contributed by atoms with Gasteiger partial charge in [-0.25, -0.2) is 9.59 Å². The van der Waals surface area contributed by atoms with Crippen molar-refractivity contribution in [3.8, 4) is 11.5 Å². The molecule has 1 N–H and O–H groups in total. The number of carbonyl (C=O) groups is 2. The van der Waals surface area contributed by atoms with Gasteiger partial charge < -0.3 is 19.3 Å². The van der Waals surface area contributed by atoms with Crippen LogP contribution >= 0.6 is 0 Å². The van der Waals surface area contributed by atoms with Crippen molar-refractivity contribution >= 4 is 12.1 Å². The predicted molar refractivity (Wildman–Crippen MR) is 113 cm³/mol. The average molecular weight is 428 g/mol. The summed E-state index contributed by atoms with van der Waals surface area (Å²) in [6.07, 6.45) is -0.0254. The van der Waals surface area contributed by atoms with E-state index in [0.29, 0.717) is 30.0 Å². The number of aromatic nitrogens is 1. The van der Waals surface area contributed by atoms with E-state index in [0.717, 1.165) is 11.3 Å². The van der Waals surface area contributed by atoms with Gasteiger partial charge in [-0.3, -0.25) is 9.88 Å². The molecule has 8 heteroatoms. The zero-order valence-electron chi connectivity index (χ0n) is 18.5. The molecule has 2 aromatic rings. The number of ether oxygens (including phenoxy) is 3. The third kappa shape index (κ3) is 5.25. The summed E-state index contributed by atoms with van der Waals surface area (Å²) >= 11 is 0. The number of methoxy groups -OCH3 is 1. The molecule has 0 saturated heterocycles. The first-order valence-electron chi connectivity index (χ1n) is 10.1. The molecule has 166 valence electrons. The number of pyridine rings is 1. The molecule has 0 radical (unpaired) electrons. The maximum atomic E-state index is 12.7. The van der Waals surface area contributed by atoms with E-state index in [9.17, 15) is 14.7 Å². The van der Waals surface area contributed by atoms with Gasteiger partial charge in [0.1, 0.15) is 29.4 Å². The van der Waals surface area contributed by atoms with Crippen molar-refractivity contribution in [3.05, 3.63) is 52.8 Å². The second-order valence-electron chi connectivity index (χ2n) is 8.42. The van der Waals surface area contributed by atoms with Crippen LogP contribution in [0.15, 0.2) is 30.3 Å². The van der Waals surface area contributed by atoms with Gasteiger partial charge in [0.15, 0.2) is 6.04 Å². The topological polar surface area (TPSA) is 98.2 Å². The number of fused-ring (bicyclic) bond motifs is 1. The lowest BCUT2D eigenvalue weighted by Crippen LogP contribution is -2.46. The number of amides is 1. The normalized spacial score (nSPS) is 15.8. The third-order valence-electron chi connectivity index (χ3n) is 4.86. The first kappa shape index (κ1) is 22.4. The molecule has 1 aliphatic rings. The molecule has 1 aliphatic heterocycles. The fraction of sp³-hybridized carbons (Fsp3) is 0.435. The lowest BCUT2D eigenvalue weighted by atomic mass is 9.92. The maximum Gasteiger partial charge on any atom is 0.411 e. The molecule has 0 unspecified atom stereocenters. The molecule has 1 atom stereocenters. The lowest BCUT2D eigenvalue weighted by molar-refractivity contribution is -0.147. The molecular weight excluding hydrogens is 400 g/mol. The van der Waals surface area contributed by atoms with Crippen LogP contribution in [0.25, 0.3) is 0 Å². The van der Waals surface area contributed by atoms with Crippen molar-refractivity contribution < 1.29 is 28.9 Å². The molecule has 1 aromatic carbocycles. The molecule has 0 saturated carbocycles. The Morgan fingerprint density at radius 1 is 1.23 bits per heavy atom. The maximum absolute atomic E-state index is 12.7. The van der Waals surface area contributed by atoms with Crippen molar-refractivity contribution in [2.45, 2.75) is 52.4 Å². The Hall–Kier alpha value is -3.29. The SMILES string of the molecule is COC(=O)[C@H]1c2ccc(OCc3nc(C)ccc3O)cc2CCN1C(=O)OC(C)(C)C. The van der Waals surface area contributed by atoms with Crippen LogP contribution in [0.5, 0.6) is 11.5 Å². The first-order chi connectivity index (χ1) is 14.6. The summed E-state index contributed by atoms with van der Waals surface area (Å²) < 4.78 is 16.2. The summed E-state index contributed by atoms with van der Waals surface area (Å²) in [5.41, 5.74) is 2.11. The standard InChI is InChI=1S/C23H28N2O6/c1-14-6-9-19(26)18(24-14)13-30-16-7-8-17-15(12-16)10-11-25(20(17)21(27)29-5)22(28)31-23(2,3)4/h6-9,12,20,26H,10-11,13H2,1-5H3/t20-/m1/s1. The summed E-state index contributed by atoms with van der Waals surface area (Å²) in [5.74, 6) is 0.118. The number of hydrogen-bond donors (Lipinski definition) is 1. The summed E-state index contributed by atoms with van der Waals surface area (Å²) in [6.45, 7) is 7.59. The highest BCUT2D eigenvalue weighted by atomic mass is 16.6. The van der Waals surface area contributed by atoms with Crippen LogP contribution in [-0.2, 0) is 27.3 Å². The van der Waals surface area contributed by atoms with Gasteiger partial charge >= 0.3 is 12.1 Å². The number of benzene rings is 1. The van der Waals surface area contributed by atoms with E-state index in [1.165, 1.54) is 12.0 Å². The summed E-state index contributed by atoms with van der Waals surface area (Å²) in [6, 6.07) is 7.73. The van der Waals surface area contributed by atoms with Crippen LogP contribution in [0.3, 0.4) is 0 Å². The highest BCUT2D eigenvalue weighted by molar-refractivity contribution is 5.84. The van der Waals surface area contributed by atoms with Gasteiger partial charge in [0.2, 0.25) is 0 Å². The molecule has 0 aliphatic carbocycles. The number of aryl methyl sites for hydroxylation is 1. The van der Waals surface area contributed by atoms with E-state index in [1.807, 2.05) is 13.0 Å². The van der Waals surface area contributed by atoms with Gasteiger partial charge in [-0.1, -0.05) is 6.07 Å². The van der Waals surface area contributed by atoms with Crippen molar-refractivity contribution in [2.24, 2.45) is 0 Å². The van der Waals surface area contributed by atoms with Crippen molar-refractivity contribution in [2.75, 3.05) is 13.7 Å². The van der Waals surface area contributed by atoms with Gasteiger partial charge in [0.05, 0.1) is 7.11 Å². The first-order valence-corrected chi connectivity index (χ1v) is 10.1. The smallest absolute Gasteiger partial charge is 0.411 e. The van der Waals surface area contributed by atoms with Crippen LogP contribution in [0.4, 0.5) is 4.79 Å². The van der Waals surface area contributed by atoms with Crippen LogP contribution in [0.1, 0.15) is 49.3 Å². The number of rotatable bonds is 4. The van der Waals surface area contributed by atoms with E-state index >= 15 is 0 Å². The predicted octanol–water partition coefficient (Wildman–Crippen LogP) is 3.68. The average Bonchev–Trinajstić information content (AvgIpc) is 2.71. The molecular formula is C23H28N2O6. The number of carbonyl (C=O) groups excluding carboxylic acids is 2. The van der Waals surface area contributed by atoms with E-state index in [2.05, 4.69) is 4.98 Å². The highest BCUT2D eigenvalue weighted by Crippen LogP contribution is 2.34. The quantitative estimate of drug-likeness (QED) is 0.742. The van der Waals surface area contributed by atoms with E-state index in [4.69, 9.17) is 14.2 Å². The monoisotopic (exact) mass is 428 g/mol. The van der Waals surface area contributed by atoms with Crippen LogP contribution in [-0.4, -0.2) is 46.3 Å². The number of hydrogen-bond acceptors (Lipinski definition) is 7. The fourth-order valence-electron chi connectivity index (χ4n) is 3.44. The van der Waals surface area contributed by atoms with E-state index in [1.54, 1.807) is 45.0 Å². The second-order valence-corrected chi connectivity index (χ2v) is 8.42. The van der Waals surface area contributed by atoms with Gasteiger partial charge in [-0.05, 0) is 69.5 Å². The molecule has 3 rings (SSSR count). The number of nitrogens with zero attached hydrogens (tertiary/aromatic N) is 2. The van der Waals surface area contributed by atoms with Crippen LogP contribution < -0.4 is 4.74 Å². The Labute approximate surface area is 181 Å². The Kier molecular flexibility index (Phi) is 6.38. The van der Waals surface area contributed by atoms with Crippen molar-refractivity contribution in [1.29, 1.82) is 0 Å². The van der Waals surface area contributed by atoms with Crippen LogP contribution in [0, 0.1) is 6.92 Å². The fourth-order valence-corrected chi connectivity index (χ4v) is 3.44. The molecule has 0 bridgehead atoms. The third-order valence-corrected chi connectivity index (χ3v) is 4.86. The zero-order chi connectivity index (χ0) is 22.8. The summed E-state index contributed by atoms with van der Waals surface area (Å²) in [4.78, 5) is 30.9. The van der Waals surface area contributed by atoms with E-state index < -0.39 is 23.7 Å². The Morgan fingerprint density at radius 2 is 1.97 bits per heavy atom.